The van der Waals surface area contributed by atoms with E-state index in [1.807, 2.05) is 0 Å². The summed E-state index contributed by atoms with van der Waals surface area (Å²) in [6.07, 6.45) is 1.33. The van der Waals surface area contributed by atoms with Crippen molar-refractivity contribution in [2.75, 3.05) is 0 Å². The van der Waals surface area contributed by atoms with Crippen LogP contribution in [0.2, 0.25) is 0 Å². The average Bonchev–Trinajstić information content (AvgIpc) is 3.30. The van der Waals surface area contributed by atoms with E-state index in [0.29, 0.717) is 0 Å². The first kappa shape index (κ1) is 16.0. The van der Waals surface area contributed by atoms with Crippen LogP contribution < -0.4 is 0 Å². The van der Waals surface area contributed by atoms with E-state index in [-0.39, 0.29) is 38.5 Å². The molecular formula is C12H15BiO9. The molecule has 9 nitrogen and oxygen atoms in total. The Kier molecular flexibility index (Phi) is 3.71. The molecule has 0 radical (unpaired) electrons. The summed E-state index contributed by atoms with van der Waals surface area (Å²) in [7, 11) is 0. The maximum absolute atomic E-state index is 11.7. The van der Waals surface area contributed by atoms with Crippen LogP contribution in [0.15, 0.2) is 0 Å². The summed E-state index contributed by atoms with van der Waals surface area (Å²) in [4.78, 5) is 35.1. The molecule has 3 aliphatic carbocycles. The molecule has 0 atom stereocenters. The Bertz CT molecular complexity index is 457. The van der Waals surface area contributed by atoms with Gasteiger partial charge in [-0.2, -0.15) is 0 Å². The fraction of sp³-hybridized carbons (Fsp3) is 0.750. The zero-order chi connectivity index (χ0) is 16.2. The molecule has 22 heavy (non-hydrogen) atoms. The summed E-state index contributed by atoms with van der Waals surface area (Å²) in [5.74, 6) is -3.01. The normalized spacial score (nSPS) is 25.1. The molecule has 0 aromatic heterocycles. The predicted molar refractivity (Wildman–Crippen MR) is 66.6 cm³/mol. The standard InChI is InChI=1S/3C4H6O3.Bi/c3*5-3(6)4(7)1-2-4;/h3*7H,1-2H2,(H,5,6);/q;;;+3/p-3. The number of aliphatic hydroxyl groups is 3. The van der Waals surface area contributed by atoms with Gasteiger partial charge in [-0.1, -0.05) is 0 Å². The monoisotopic (exact) mass is 512 g/mol. The second kappa shape index (κ2) is 5.09. The third-order valence-corrected chi connectivity index (χ3v) is 7.46. The maximum atomic E-state index is 11.7. The molecule has 0 aliphatic heterocycles. The van der Waals surface area contributed by atoms with Crippen LogP contribution in [0, 0.1) is 0 Å². The zero-order valence-corrected chi connectivity index (χ0v) is 15.0. The topological polar surface area (TPSA) is 140 Å². The molecule has 0 amide bonds. The molecule has 0 unspecified atom stereocenters. The predicted octanol–water partition coefficient (Wildman–Crippen LogP) is -1.82. The summed E-state index contributed by atoms with van der Waals surface area (Å²) in [6, 6.07) is 0. The number of hydrogen-bond donors (Lipinski definition) is 3. The molecule has 0 heterocycles. The zero-order valence-electron chi connectivity index (χ0n) is 11.5. The van der Waals surface area contributed by atoms with Gasteiger partial charge >= 0.3 is 134 Å². The van der Waals surface area contributed by atoms with E-state index in [1.54, 1.807) is 0 Å². The summed E-state index contributed by atoms with van der Waals surface area (Å²) >= 11 is -4.35. The summed E-state index contributed by atoms with van der Waals surface area (Å²) in [6.45, 7) is 0. The first-order valence-corrected chi connectivity index (χ1v) is 11.1. The third-order valence-electron chi connectivity index (χ3n) is 3.78. The Morgan fingerprint density at radius 3 is 1.05 bits per heavy atom. The van der Waals surface area contributed by atoms with E-state index in [4.69, 9.17) is 8.44 Å². The van der Waals surface area contributed by atoms with Crippen LogP contribution in [-0.4, -0.2) is 73.1 Å². The van der Waals surface area contributed by atoms with Crippen LogP contribution >= 0.6 is 0 Å². The van der Waals surface area contributed by atoms with E-state index in [1.165, 1.54) is 0 Å². The molecule has 3 fully saturated rings. The number of rotatable bonds is 6. The van der Waals surface area contributed by atoms with Crippen molar-refractivity contribution in [1.82, 2.24) is 0 Å². The van der Waals surface area contributed by atoms with Crippen LogP contribution in [0.3, 0.4) is 0 Å². The van der Waals surface area contributed by atoms with Gasteiger partial charge in [0.15, 0.2) is 0 Å². The van der Waals surface area contributed by atoms with Crippen LogP contribution in [0.5, 0.6) is 0 Å². The molecular weight excluding hydrogens is 497 g/mol. The Morgan fingerprint density at radius 1 is 0.636 bits per heavy atom. The Labute approximate surface area is 134 Å². The molecule has 0 aromatic carbocycles. The molecule has 3 rings (SSSR count). The fourth-order valence-corrected chi connectivity index (χ4v) is 5.48. The second-order valence-corrected chi connectivity index (χ2v) is 9.82. The number of hydrogen-bond acceptors (Lipinski definition) is 9. The molecule has 0 spiro atoms. The van der Waals surface area contributed by atoms with Crippen molar-refractivity contribution in [2.45, 2.75) is 55.3 Å². The van der Waals surface area contributed by atoms with Crippen molar-refractivity contribution in [2.24, 2.45) is 0 Å². The van der Waals surface area contributed by atoms with E-state index in [9.17, 15) is 29.7 Å². The van der Waals surface area contributed by atoms with Crippen LogP contribution in [0.4, 0.5) is 0 Å². The van der Waals surface area contributed by atoms with E-state index < -0.39 is 57.8 Å². The van der Waals surface area contributed by atoms with E-state index >= 15 is 0 Å². The quantitative estimate of drug-likeness (QED) is 0.351. The molecule has 10 heteroatoms. The summed E-state index contributed by atoms with van der Waals surface area (Å²) < 4.78 is 14.6. The van der Waals surface area contributed by atoms with Crippen molar-refractivity contribution >= 4 is 41.0 Å². The molecule has 122 valence electrons. The van der Waals surface area contributed by atoms with Gasteiger partial charge in [0.1, 0.15) is 0 Å². The molecule has 3 N–H and O–H groups in total. The van der Waals surface area contributed by atoms with Crippen LogP contribution in [0.25, 0.3) is 0 Å². The molecule has 3 aliphatic rings. The van der Waals surface area contributed by atoms with Gasteiger partial charge in [-0.25, -0.2) is 0 Å². The van der Waals surface area contributed by atoms with Crippen molar-refractivity contribution in [3.05, 3.63) is 0 Å². The fourth-order valence-electron chi connectivity index (χ4n) is 1.48. The van der Waals surface area contributed by atoms with Gasteiger partial charge in [0.2, 0.25) is 0 Å². The van der Waals surface area contributed by atoms with Gasteiger partial charge in [0.25, 0.3) is 0 Å². The van der Waals surface area contributed by atoms with Crippen molar-refractivity contribution in [1.29, 1.82) is 0 Å². The minimum atomic E-state index is -4.35. The molecule has 0 bridgehead atoms. The SMILES string of the molecule is O=C([O][Bi]([O]C(=O)C1(O)CC1)[O]C(=O)C1(O)CC1)C1(O)CC1. The Morgan fingerprint density at radius 2 is 0.864 bits per heavy atom. The van der Waals surface area contributed by atoms with E-state index in [2.05, 4.69) is 0 Å². The summed E-state index contributed by atoms with van der Waals surface area (Å²) in [5, 5.41) is 28.9. The van der Waals surface area contributed by atoms with Gasteiger partial charge in [-0.3, -0.25) is 0 Å². The van der Waals surface area contributed by atoms with Gasteiger partial charge < -0.3 is 0 Å². The number of carbonyl (C=O) groups is 3. The van der Waals surface area contributed by atoms with Crippen LogP contribution in [0.1, 0.15) is 38.5 Å². The Hall–Kier alpha value is -0.827. The summed E-state index contributed by atoms with van der Waals surface area (Å²) in [5.41, 5.74) is -4.84. The Balaban J connectivity index is 1.63. The van der Waals surface area contributed by atoms with Crippen LogP contribution in [-0.2, 0) is 22.8 Å². The van der Waals surface area contributed by atoms with Gasteiger partial charge in [0, 0.05) is 0 Å². The average molecular weight is 512 g/mol. The van der Waals surface area contributed by atoms with Gasteiger partial charge in [-0.15, -0.1) is 0 Å². The molecule has 3 saturated carbocycles. The molecule has 0 aromatic rings. The van der Waals surface area contributed by atoms with Crippen molar-refractivity contribution in [3.63, 3.8) is 0 Å². The van der Waals surface area contributed by atoms with Crippen molar-refractivity contribution < 1.29 is 38.1 Å². The van der Waals surface area contributed by atoms with Gasteiger partial charge in [-0.05, 0) is 0 Å². The second-order valence-electron chi connectivity index (χ2n) is 5.95. The van der Waals surface area contributed by atoms with Crippen molar-refractivity contribution in [3.8, 4) is 0 Å². The first-order valence-electron chi connectivity index (χ1n) is 6.81. The van der Waals surface area contributed by atoms with Gasteiger partial charge in [0.05, 0.1) is 0 Å². The number of carbonyl (C=O) groups excluding carboxylic acids is 3. The van der Waals surface area contributed by atoms with E-state index in [0.717, 1.165) is 0 Å². The minimum absolute atomic E-state index is 0.221. The third kappa shape index (κ3) is 3.25. The first-order chi connectivity index (χ1) is 10.2. The molecule has 0 saturated heterocycles.